The topological polar surface area (TPSA) is 49.4 Å². The van der Waals surface area contributed by atoms with Crippen molar-refractivity contribution in [3.05, 3.63) is 28.8 Å². The van der Waals surface area contributed by atoms with Gasteiger partial charge in [0, 0.05) is 23.8 Å². The lowest BCUT2D eigenvalue weighted by Crippen LogP contribution is -2.46. The Bertz CT molecular complexity index is 640. The van der Waals surface area contributed by atoms with Gasteiger partial charge in [-0.05, 0) is 56.2 Å². The summed E-state index contributed by atoms with van der Waals surface area (Å²) in [6.07, 6.45) is 3.47. The van der Waals surface area contributed by atoms with Crippen LogP contribution >= 0.6 is 11.6 Å². The fraction of sp³-hybridized carbons (Fsp3) is 0.556. The molecule has 4 nitrogen and oxygen atoms in total. The predicted octanol–water partition coefficient (Wildman–Crippen LogP) is 3.63. The van der Waals surface area contributed by atoms with Crippen LogP contribution in [0.25, 0.3) is 0 Å². The first kappa shape index (κ1) is 16.3. The third kappa shape index (κ3) is 3.09. The Morgan fingerprint density at radius 3 is 2.74 bits per heavy atom. The molecule has 0 spiro atoms. The van der Waals surface area contributed by atoms with Crippen LogP contribution in [0, 0.1) is 18.3 Å². The summed E-state index contributed by atoms with van der Waals surface area (Å²) in [5, 5.41) is 3.53. The number of hydrogen-bond donors (Lipinski definition) is 1. The summed E-state index contributed by atoms with van der Waals surface area (Å²) < 4.78 is 0. The third-order valence-corrected chi connectivity index (χ3v) is 5.46. The summed E-state index contributed by atoms with van der Waals surface area (Å²) in [4.78, 5) is 27.5. The number of amides is 2. The van der Waals surface area contributed by atoms with E-state index in [0.29, 0.717) is 29.5 Å². The maximum absolute atomic E-state index is 12.9. The number of hydrogen-bond acceptors (Lipinski definition) is 2. The highest BCUT2D eigenvalue weighted by atomic mass is 35.5. The summed E-state index contributed by atoms with van der Waals surface area (Å²) in [5.74, 6) is 0.328. The summed E-state index contributed by atoms with van der Waals surface area (Å²) in [5.41, 5.74) is 0.664. The molecule has 2 amide bonds. The lowest BCUT2D eigenvalue weighted by atomic mass is 9.96. The molecule has 1 heterocycles. The second-order valence-electron chi connectivity index (χ2n) is 6.95. The van der Waals surface area contributed by atoms with Gasteiger partial charge in [-0.15, -0.1) is 0 Å². The second-order valence-corrected chi connectivity index (χ2v) is 7.35. The zero-order valence-electron chi connectivity index (χ0n) is 13.7. The van der Waals surface area contributed by atoms with E-state index in [1.54, 1.807) is 12.1 Å². The standard InChI is InChI=1S/C18H23ClN2O2/c1-12-5-4-10-21(11-12)17(23)18(8-9-18)16(22)20-15-7-3-6-14(19)13(15)2/h3,6-7,12H,4-5,8-11H2,1-2H3,(H,20,22). The molecule has 5 heteroatoms. The van der Waals surface area contributed by atoms with E-state index in [0.717, 1.165) is 31.5 Å². The van der Waals surface area contributed by atoms with Crippen LogP contribution in [-0.2, 0) is 9.59 Å². The molecule has 2 aliphatic rings. The Morgan fingerprint density at radius 1 is 1.35 bits per heavy atom. The van der Waals surface area contributed by atoms with Gasteiger partial charge in [-0.25, -0.2) is 0 Å². The van der Waals surface area contributed by atoms with Crippen molar-refractivity contribution in [3.8, 4) is 0 Å². The number of carbonyl (C=O) groups is 2. The number of nitrogens with zero attached hydrogens (tertiary/aromatic N) is 1. The first-order valence-electron chi connectivity index (χ1n) is 8.30. The number of carbonyl (C=O) groups excluding carboxylic acids is 2. The van der Waals surface area contributed by atoms with Crippen molar-refractivity contribution in [1.82, 2.24) is 4.90 Å². The number of rotatable bonds is 3. The molecule has 1 N–H and O–H groups in total. The summed E-state index contributed by atoms with van der Waals surface area (Å²) in [6.45, 7) is 5.57. The van der Waals surface area contributed by atoms with Crippen LogP contribution in [0.5, 0.6) is 0 Å². The first-order chi connectivity index (χ1) is 10.9. The third-order valence-electron chi connectivity index (χ3n) is 5.05. The minimum atomic E-state index is -0.855. The number of nitrogens with one attached hydrogen (secondary N) is 1. The van der Waals surface area contributed by atoms with Gasteiger partial charge in [0.15, 0.2) is 0 Å². The normalized spacial score (nSPS) is 22.6. The smallest absolute Gasteiger partial charge is 0.240 e. The van der Waals surface area contributed by atoms with Crippen LogP contribution in [0.3, 0.4) is 0 Å². The Hall–Kier alpha value is -1.55. The van der Waals surface area contributed by atoms with Gasteiger partial charge < -0.3 is 10.2 Å². The first-order valence-corrected chi connectivity index (χ1v) is 8.68. The molecule has 1 saturated heterocycles. The van der Waals surface area contributed by atoms with E-state index < -0.39 is 5.41 Å². The van der Waals surface area contributed by atoms with Gasteiger partial charge in [0.2, 0.25) is 11.8 Å². The van der Waals surface area contributed by atoms with Crippen molar-refractivity contribution in [2.45, 2.75) is 39.5 Å². The fourth-order valence-corrected chi connectivity index (χ4v) is 3.50. The van der Waals surface area contributed by atoms with Crippen LogP contribution < -0.4 is 5.32 Å². The average molecular weight is 335 g/mol. The molecule has 1 atom stereocenters. The second kappa shape index (κ2) is 6.16. The van der Waals surface area contributed by atoms with Crippen molar-refractivity contribution in [3.63, 3.8) is 0 Å². The highest BCUT2D eigenvalue weighted by Crippen LogP contribution is 2.48. The Balaban J connectivity index is 1.73. The minimum absolute atomic E-state index is 0.00114. The number of anilines is 1. The number of benzene rings is 1. The largest absolute Gasteiger partial charge is 0.342 e. The van der Waals surface area contributed by atoms with E-state index in [-0.39, 0.29) is 11.8 Å². The van der Waals surface area contributed by atoms with Crippen molar-refractivity contribution >= 4 is 29.1 Å². The molecule has 1 aromatic carbocycles. The molecule has 124 valence electrons. The van der Waals surface area contributed by atoms with Gasteiger partial charge in [-0.1, -0.05) is 24.6 Å². The van der Waals surface area contributed by atoms with Crippen LogP contribution in [-0.4, -0.2) is 29.8 Å². The molecular weight excluding hydrogens is 312 g/mol. The number of likely N-dealkylation sites (tertiary alicyclic amines) is 1. The fourth-order valence-electron chi connectivity index (χ4n) is 3.32. The maximum Gasteiger partial charge on any atom is 0.240 e. The maximum atomic E-state index is 12.9. The molecule has 0 bridgehead atoms. The van der Waals surface area contributed by atoms with E-state index in [4.69, 9.17) is 11.6 Å². The van der Waals surface area contributed by atoms with Crippen LogP contribution in [0.4, 0.5) is 5.69 Å². The van der Waals surface area contributed by atoms with Crippen molar-refractivity contribution in [2.75, 3.05) is 18.4 Å². The molecule has 1 aromatic rings. The van der Waals surface area contributed by atoms with Crippen LogP contribution in [0.1, 0.15) is 38.2 Å². The lowest BCUT2D eigenvalue weighted by molar-refractivity contribution is -0.143. The van der Waals surface area contributed by atoms with E-state index in [9.17, 15) is 9.59 Å². The SMILES string of the molecule is Cc1c(Cl)cccc1NC(=O)C1(C(=O)N2CCCC(C)C2)CC1. The van der Waals surface area contributed by atoms with Crippen molar-refractivity contribution in [1.29, 1.82) is 0 Å². The Morgan fingerprint density at radius 2 is 2.09 bits per heavy atom. The molecule has 23 heavy (non-hydrogen) atoms. The zero-order chi connectivity index (χ0) is 16.6. The number of halogens is 1. The summed E-state index contributed by atoms with van der Waals surface area (Å²) in [7, 11) is 0. The van der Waals surface area contributed by atoms with Gasteiger partial charge in [0.05, 0.1) is 0 Å². The van der Waals surface area contributed by atoms with Crippen LogP contribution in [0.15, 0.2) is 18.2 Å². The number of piperidine rings is 1. The van der Waals surface area contributed by atoms with Gasteiger partial charge in [0.25, 0.3) is 0 Å². The average Bonchev–Trinajstić information content (AvgIpc) is 3.33. The predicted molar refractivity (Wildman–Crippen MR) is 91.5 cm³/mol. The highest BCUT2D eigenvalue weighted by Gasteiger charge is 2.58. The zero-order valence-corrected chi connectivity index (χ0v) is 14.4. The molecule has 0 aromatic heterocycles. The van der Waals surface area contributed by atoms with E-state index >= 15 is 0 Å². The molecule has 1 saturated carbocycles. The van der Waals surface area contributed by atoms with Crippen molar-refractivity contribution < 1.29 is 9.59 Å². The molecule has 1 unspecified atom stereocenters. The van der Waals surface area contributed by atoms with Crippen molar-refractivity contribution in [2.24, 2.45) is 11.3 Å². The Labute approximate surface area is 142 Å². The minimum Gasteiger partial charge on any atom is -0.342 e. The van der Waals surface area contributed by atoms with E-state index in [2.05, 4.69) is 12.2 Å². The van der Waals surface area contributed by atoms with Gasteiger partial charge in [-0.3, -0.25) is 9.59 Å². The van der Waals surface area contributed by atoms with Crippen LogP contribution in [0.2, 0.25) is 5.02 Å². The molecule has 0 radical (unpaired) electrons. The highest BCUT2D eigenvalue weighted by molar-refractivity contribution is 6.31. The molecule has 1 aliphatic carbocycles. The molecular formula is C18H23ClN2O2. The Kier molecular flexibility index (Phi) is 4.37. The molecule has 1 aliphatic heterocycles. The van der Waals surface area contributed by atoms with E-state index in [1.165, 1.54) is 0 Å². The lowest BCUT2D eigenvalue weighted by Gasteiger charge is -2.33. The van der Waals surface area contributed by atoms with Gasteiger partial charge in [-0.2, -0.15) is 0 Å². The summed E-state index contributed by atoms with van der Waals surface area (Å²) in [6, 6.07) is 5.42. The quantitative estimate of drug-likeness (QED) is 0.858. The molecule has 3 rings (SSSR count). The van der Waals surface area contributed by atoms with E-state index in [1.807, 2.05) is 17.9 Å². The van der Waals surface area contributed by atoms with Gasteiger partial charge in [0.1, 0.15) is 5.41 Å². The van der Waals surface area contributed by atoms with Gasteiger partial charge >= 0.3 is 0 Å². The summed E-state index contributed by atoms with van der Waals surface area (Å²) >= 11 is 6.10. The monoisotopic (exact) mass is 334 g/mol. The molecule has 2 fully saturated rings.